The van der Waals surface area contributed by atoms with Crippen molar-refractivity contribution in [2.45, 2.75) is 13.3 Å². The molecule has 1 N–H and O–H groups in total. The van der Waals surface area contributed by atoms with Gasteiger partial charge in [0.25, 0.3) is 0 Å². The van der Waals surface area contributed by atoms with Gasteiger partial charge in [0.05, 0.1) is 5.69 Å². The Morgan fingerprint density at radius 3 is 2.70 bits per heavy atom. The van der Waals surface area contributed by atoms with Gasteiger partial charge in [0.2, 0.25) is 0 Å². The molecule has 55 valence electrons. The van der Waals surface area contributed by atoms with Crippen molar-refractivity contribution in [1.29, 1.82) is 0 Å². The molecule has 5 heteroatoms. The topological polar surface area (TPSA) is 41.6 Å². The fourth-order valence-corrected chi connectivity index (χ4v) is 0.647. The molecule has 1 heterocycles. The van der Waals surface area contributed by atoms with Crippen molar-refractivity contribution < 1.29 is 8.78 Å². The lowest BCUT2D eigenvalue weighted by atomic mass is 10.3. The SMILES string of the molecule is CCc1[nH]nnc1[C](F)F. The molecule has 0 spiro atoms. The molecule has 0 saturated heterocycles. The van der Waals surface area contributed by atoms with Gasteiger partial charge in [-0.2, -0.15) is 8.78 Å². The average molecular weight is 146 g/mol. The van der Waals surface area contributed by atoms with Crippen LogP contribution in [0.15, 0.2) is 0 Å². The Balaban J connectivity index is 2.90. The van der Waals surface area contributed by atoms with Gasteiger partial charge in [-0.1, -0.05) is 12.1 Å². The lowest BCUT2D eigenvalue weighted by Crippen LogP contribution is -1.91. The smallest absolute Gasteiger partial charge is 0.262 e. The molecular formula is C5H6F2N3. The van der Waals surface area contributed by atoms with E-state index in [-0.39, 0.29) is 5.69 Å². The monoisotopic (exact) mass is 146 g/mol. The highest BCUT2D eigenvalue weighted by molar-refractivity contribution is 5.17. The van der Waals surface area contributed by atoms with Gasteiger partial charge in [0, 0.05) is 0 Å². The second kappa shape index (κ2) is 2.72. The summed E-state index contributed by atoms with van der Waals surface area (Å²) in [5.74, 6) is 0. The number of halogens is 2. The molecule has 1 rings (SSSR count). The van der Waals surface area contributed by atoms with E-state index < -0.39 is 6.43 Å². The van der Waals surface area contributed by atoms with Gasteiger partial charge in [-0.05, 0) is 6.42 Å². The Hall–Kier alpha value is -1.00. The van der Waals surface area contributed by atoms with Crippen LogP contribution in [0.25, 0.3) is 0 Å². The molecule has 0 saturated carbocycles. The summed E-state index contributed by atoms with van der Waals surface area (Å²) >= 11 is 0. The van der Waals surface area contributed by atoms with Crippen LogP contribution in [0, 0.1) is 6.43 Å². The van der Waals surface area contributed by atoms with E-state index in [1.54, 1.807) is 6.92 Å². The van der Waals surface area contributed by atoms with Gasteiger partial charge in [-0.15, -0.1) is 5.10 Å². The molecule has 0 aliphatic heterocycles. The molecule has 0 aliphatic carbocycles. The van der Waals surface area contributed by atoms with E-state index in [0.717, 1.165) is 0 Å². The number of hydrogen-bond donors (Lipinski definition) is 1. The Bertz CT molecular complexity index is 208. The third-order valence-electron chi connectivity index (χ3n) is 1.15. The van der Waals surface area contributed by atoms with E-state index in [1.807, 2.05) is 0 Å². The Morgan fingerprint density at radius 2 is 2.30 bits per heavy atom. The van der Waals surface area contributed by atoms with Crippen molar-refractivity contribution in [3.8, 4) is 0 Å². The van der Waals surface area contributed by atoms with Crippen LogP contribution in [-0.2, 0) is 6.42 Å². The maximum Gasteiger partial charge on any atom is 0.361 e. The zero-order valence-electron chi connectivity index (χ0n) is 5.36. The summed E-state index contributed by atoms with van der Waals surface area (Å²) < 4.78 is 23.7. The maximum atomic E-state index is 11.8. The zero-order valence-corrected chi connectivity index (χ0v) is 5.36. The highest BCUT2D eigenvalue weighted by Gasteiger charge is 2.17. The number of nitrogens with one attached hydrogen (secondary N) is 1. The first-order valence-corrected chi connectivity index (χ1v) is 2.84. The normalized spacial score (nSPS) is 10.8. The fraction of sp³-hybridized carbons (Fsp3) is 0.400. The van der Waals surface area contributed by atoms with Crippen molar-refractivity contribution in [3.63, 3.8) is 0 Å². The molecule has 10 heavy (non-hydrogen) atoms. The van der Waals surface area contributed by atoms with Crippen molar-refractivity contribution in [1.82, 2.24) is 15.4 Å². The predicted octanol–water partition coefficient (Wildman–Crippen LogP) is 1.14. The molecular weight excluding hydrogens is 140 g/mol. The summed E-state index contributed by atoms with van der Waals surface area (Å²) in [7, 11) is 0. The van der Waals surface area contributed by atoms with Gasteiger partial charge in [0.1, 0.15) is 0 Å². The minimum Gasteiger partial charge on any atom is -0.262 e. The Labute approximate surface area is 56.4 Å². The second-order valence-electron chi connectivity index (χ2n) is 1.75. The van der Waals surface area contributed by atoms with E-state index in [2.05, 4.69) is 15.4 Å². The molecule has 0 amide bonds. The largest absolute Gasteiger partial charge is 0.361 e. The number of aromatic nitrogens is 3. The summed E-state index contributed by atoms with van der Waals surface area (Å²) in [6, 6.07) is 0. The average Bonchev–Trinajstić information content (AvgIpc) is 2.33. The molecule has 1 aromatic heterocycles. The van der Waals surface area contributed by atoms with Crippen LogP contribution in [0.2, 0.25) is 0 Å². The highest BCUT2D eigenvalue weighted by atomic mass is 19.3. The lowest BCUT2D eigenvalue weighted by Gasteiger charge is -1.91. The summed E-state index contributed by atoms with van der Waals surface area (Å²) in [5.41, 5.74) is 0.0579. The van der Waals surface area contributed by atoms with Gasteiger partial charge < -0.3 is 0 Å². The van der Waals surface area contributed by atoms with Crippen LogP contribution >= 0.6 is 0 Å². The van der Waals surface area contributed by atoms with E-state index in [9.17, 15) is 8.78 Å². The molecule has 0 unspecified atom stereocenters. The maximum absolute atomic E-state index is 11.8. The summed E-state index contributed by atoms with van der Waals surface area (Å²) in [4.78, 5) is 0. The first-order valence-electron chi connectivity index (χ1n) is 2.84. The van der Waals surface area contributed by atoms with E-state index in [0.29, 0.717) is 12.1 Å². The fourth-order valence-electron chi connectivity index (χ4n) is 0.647. The van der Waals surface area contributed by atoms with Crippen molar-refractivity contribution in [3.05, 3.63) is 17.8 Å². The Morgan fingerprint density at radius 1 is 1.60 bits per heavy atom. The molecule has 0 fully saturated rings. The molecule has 0 aliphatic rings. The third-order valence-corrected chi connectivity index (χ3v) is 1.15. The molecule has 1 aromatic rings. The molecule has 3 nitrogen and oxygen atoms in total. The number of aryl methyl sites for hydroxylation is 1. The quantitative estimate of drug-likeness (QED) is 0.679. The Kier molecular flexibility index (Phi) is 1.94. The van der Waals surface area contributed by atoms with Crippen molar-refractivity contribution in [2.24, 2.45) is 0 Å². The second-order valence-corrected chi connectivity index (χ2v) is 1.75. The summed E-state index contributed by atoms with van der Waals surface area (Å²) in [6.07, 6.45) is -1.30. The number of aromatic amines is 1. The van der Waals surface area contributed by atoms with Gasteiger partial charge >= 0.3 is 6.43 Å². The minimum atomic E-state index is -1.79. The highest BCUT2D eigenvalue weighted by Crippen LogP contribution is 2.16. The standard InChI is InChI=1S/C5H6F2N3/c1-2-3-4(5(6)7)9-10-8-3/h2H2,1H3,(H,8,9,10). The van der Waals surface area contributed by atoms with Crippen LogP contribution in [0.3, 0.4) is 0 Å². The van der Waals surface area contributed by atoms with Crippen molar-refractivity contribution >= 4 is 0 Å². The van der Waals surface area contributed by atoms with Crippen LogP contribution < -0.4 is 0 Å². The third kappa shape index (κ3) is 1.12. The first kappa shape index (κ1) is 7.11. The number of hydrogen-bond acceptors (Lipinski definition) is 2. The molecule has 0 atom stereocenters. The van der Waals surface area contributed by atoms with Crippen LogP contribution in [-0.4, -0.2) is 15.4 Å². The predicted molar refractivity (Wildman–Crippen MR) is 30.3 cm³/mol. The van der Waals surface area contributed by atoms with Crippen molar-refractivity contribution in [2.75, 3.05) is 0 Å². The van der Waals surface area contributed by atoms with Crippen LogP contribution in [0.1, 0.15) is 18.3 Å². The summed E-state index contributed by atoms with van der Waals surface area (Å²) in [6.45, 7) is 1.75. The number of rotatable bonds is 2. The van der Waals surface area contributed by atoms with Gasteiger partial charge in [0.15, 0.2) is 5.69 Å². The number of H-pyrrole nitrogens is 1. The molecule has 1 radical (unpaired) electrons. The van der Waals surface area contributed by atoms with Gasteiger partial charge in [-0.25, -0.2) is 0 Å². The zero-order chi connectivity index (χ0) is 7.56. The van der Waals surface area contributed by atoms with E-state index in [4.69, 9.17) is 0 Å². The van der Waals surface area contributed by atoms with Crippen LogP contribution in [0.4, 0.5) is 8.78 Å². The van der Waals surface area contributed by atoms with Gasteiger partial charge in [-0.3, -0.25) is 5.10 Å². The molecule has 0 bridgehead atoms. The minimum absolute atomic E-state index is 0.317. The first-order chi connectivity index (χ1) is 4.75. The number of nitrogens with zero attached hydrogens (tertiary/aromatic N) is 2. The van der Waals surface area contributed by atoms with E-state index >= 15 is 0 Å². The van der Waals surface area contributed by atoms with Crippen LogP contribution in [0.5, 0.6) is 0 Å². The van der Waals surface area contributed by atoms with E-state index in [1.165, 1.54) is 0 Å². The lowest BCUT2D eigenvalue weighted by molar-refractivity contribution is 0.317. The summed E-state index contributed by atoms with van der Waals surface area (Å²) in [5, 5.41) is 8.81. The molecule has 0 aromatic carbocycles.